The molecule has 1 heterocycles. The molecule has 0 spiro atoms. The molecule has 0 atom stereocenters. The molecule has 2 aromatic carbocycles. The zero-order chi connectivity index (χ0) is 18.6. The summed E-state index contributed by atoms with van der Waals surface area (Å²) in [7, 11) is -3.58. The van der Waals surface area contributed by atoms with Crippen LogP contribution in [-0.2, 0) is 21.4 Å². The fourth-order valence-electron chi connectivity index (χ4n) is 2.85. The summed E-state index contributed by atoms with van der Waals surface area (Å²) in [5, 5.41) is 0.607. The number of ether oxygens (including phenoxy) is 1. The standard InChI is InChI=1S/C19H20ClNO4S/c20-17-9-7-15(8-10-17)14-25-19(22)16-5-4-6-18(13-16)26(23,24)21-11-2-1-3-12-21/h4-10,13H,1-3,11-12,14H2. The van der Waals surface area contributed by atoms with Gasteiger partial charge in [0.25, 0.3) is 0 Å². The van der Waals surface area contributed by atoms with Crippen molar-refractivity contribution in [1.29, 1.82) is 0 Å². The maximum atomic E-state index is 12.7. The Bertz CT molecular complexity index is 875. The first-order valence-electron chi connectivity index (χ1n) is 8.48. The number of sulfonamides is 1. The van der Waals surface area contributed by atoms with Crippen molar-refractivity contribution < 1.29 is 17.9 Å². The second-order valence-corrected chi connectivity index (χ2v) is 8.57. The Balaban J connectivity index is 1.71. The SMILES string of the molecule is O=C(OCc1ccc(Cl)cc1)c1cccc(S(=O)(=O)N2CCCCC2)c1. The second kappa shape index (κ2) is 8.20. The molecule has 26 heavy (non-hydrogen) atoms. The number of esters is 1. The van der Waals surface area contributed by atoms with E-state index in [2.05, 4.69) is 0 Å². The maximum Gasteiger partial charge on any atom is 0.338 e. The number of halogens is 1. The Morgan fingerprint density at radius 2 is 1.73 bits per heavy atom. The molecule has 0 unspecified atom stereocenters. The Labute approximate surface area is 158 Å². The average molecular weight is 394 g/mol. The van der Waals surface area contributed by atoms with Gasteiger partial charge in [0.2, 0.25) is 10.0 Å². The van der Waals surface area contributed by atoms with E-state index in [1.807, 2.05) is 0 Å². The van der Waals surface area contributed by atoms with E-state index in [9.17, 15) is 13.2 Å². The lowest BCUT2D eigenvalue weighted by Crippen LogP contribution is -2.35. The van der Waals surface area contributed by atoms with Gasteiger partial charge in [-0.2, -0.15) is 4.31 Å². The highest BCUT2D eigenvalue weighted by atomic mass is 35.5. The van der Waals surface area contributed by atoms with Gasteiger partial charge in [-0.25, -0.2) is 13.2 Å². The summed E-state index contributed by atoms with van der Waals surface area (Å²) in [5.74, 6) is -0.560. The third kappa shape index (κ3) is 4.44. The first-order chi connectivity index (χ1) is 12.5. The van der Waals surface area contributed by atoms with Crippen molar-refractivity contribution in [3.63, 3.8) is 0 Å². The molecule has 0 aromatic heterocycles. The van der Waals surface area contributed by atoms with Gasteiger partial charge in [0.15, 0.2) is 0 Å². The Kier molecular flexibility index (Phi) is 5.96. The number of carbonyl (C=O) groups is 1. The van der Waals surface area contributed by atoms with Crippen LogP contribution >= 0.6 is 11.6 Å². The van der Waals surface area contributed by atoms with Crippen molar-refractivity contribution in [3.8, 4) is 0 Å². The van der Waals surface area contributed by atoms with Crippen LogP contribution in [0.15, 0.2) is 53.4 Å². The van der Waals surface area contributed by atoms with Crippen LogP contribution in [0.4, 0.5) is 0 Å². The molecule has 0 radical (unpaired) electrons. The second-order valence-electron chi connectivity index (χ2n) is 6.20. The van der Waals surface area contributed by atoms with Crippen LogP contribution in [0.1, 0.15) is 35.2 Å². The fourth-order valence-corrected chi connectivity index (χ4v) is 4.54. The topological polar surface area (TPSA) is 63.7 Å². The van der Waals surface area contributed by atoms with Gasteiger partial charge in [0.05, 0.1) is 10.5 Å². The van der Waals surface area contributed by atoms with Crippen LogP contribution in [0, 0.1) is 0 Å². The van der Waals surface area contributed by atoms with E-state index in [1.54, 1.807) is 36.4 Å². The molecule has 0 aliphatic carbocycles. The number of benzene rings is 2. The smallest absolute Gasteiger partial charge is 0.338 e. The van der Waals surface area contributed by atoms with Gasteiger partial charge in [-0.05, 0) is 48.7 Å². The van der Waals surface area contributed by atoms with Crippen molar-refractivity contribution in [1.82, 2.24) is 4.31 Å². The highest BCUT2D eigenvalue weighted by molar-refractivity contribution is 7.89. The van der Waals surface area contributed by atoms with Gasteiger partial charge in [0.1, 0.15) is 6.61 Å². The van der Waals surface area contributed by atoms with Gasteiger partial charge >= 0.3 is 5.97 Å². The zero-order valence-corrected chi connectivity index (χ0v) is 15.8. The average Bonchev–Trinajstić information content (AvgIpc) is 2.68. The number of carbonyl (C=O) groups excluding carboxylic acids is 1. The van der Waals surface area contributed by atoms with E-state index in [1.165, 1.54) is 16.4 Å². The molecule has 138 valence electrons. The lowest BCUT2D eigenvalue weighted by Gasteiger charge is -2.25. The molecule has 3 rings (SSSR count). The first-order valence-corrected chi connectivity index (χ1v) is 10.3. The van der Waals surface area contributed by atoms with Crippen LogP contribution in [0.5, 0.6) is 0 Å². The lowest BCUT2D eigenvalue weighted by molar-refractivity contribution is 0.0472. The summed E-state index contributed by atoms with van der Waals surface area (Å²) < 4.78 is 32.2. The first kappa shape index (κ1) is 18.9. The molecule has 2 aromatic rings. The Morgan fingerprint density at radius 1 is 1.04 bits per heavy atom. The van der Waals surface area contributed by atoms with E-state index in [0.717, 1.165) is 24.8 Å². The number of hydrogen-bond donors (Lipinski definition) is 0. The van der Waals surface area contributed by atoms with Crippen molar-refractivity contribution in [2.75, 3.05) is 13.1 Å². The Hall–Kier alpha value is -1.89. The van der Waals surface area contributed by atoms with Crippen LogP contribution < -0.4 is 0 Å². The Morgan fingerprint density at radius 3 is 2.42 bits per heavy atom. The van der Waals surface area contributed by atoms with Crippen LogP contribution in [0.2, 0.25) is 5.02 Å². The molecule has 1 aliphatic rings. The molecule has 1 fully saturated rings. The van der Waals surface area contributed by atoms with Crippen molar-refractivity contribution in [3.05, 3.63) is 64.7 Å². The lowest BCUT2D eigenvalue weighted by atomic mass is 10.2. The molecular weight excluding hydrogens is 374 g/mol. The van der Waals surface area contributed by atoms with Gasteiger partial charge < -0.3 is 4.74 Å². The molecule has 1 saturated heterocycles. The van der Waals surface area contributed by atoms with E-state index < -0.39 is 16.0 Å². The molecule has 0 N–H and O–H groups in total. The highest BCUT2D eigenvalue weighted by Gasteiger charge is 2.26. The summed E-state index contributed by atoms with van der Waals surface area (Å²) in [6, 6.07) is 13.0. The van der Waals surface area contributed by atoms with Gasteiger partial charge in [-0.1, -0.05) is 36.2 Å². The predicted octanol–water partition coefficient (Wildman–Crippen LogP) is 3.87. The molecule has 1 aliphatic heterocycles. The minimum atomic E-state index is -3.58. The largest absolute Gasteiger partial charge is 0.457 e. The summed E-state index contributed by atoms with van der Waals surface area (Å²) in [5.41, 5.74) is 1.02. The van der Waals surface area contributed by atoms with Crippen LogP contribution in [-0.4, -0.2) is 31.8 Å². The van der Waals surface area contributed by atoms with Gasteiger partial charge in [0, 0.05) is 18.1 Å². The molecule has 0 amide bonds. The molecular formula is C19H20ClNO4S. The minimum Gasteiger partial charge on any atom is -0.457 e. The minimum absolute atomic E-state index is 0.0963. The van der Waals surface area contributed by atoms with E-state index >= 15 is 0 Å². The number of rotatable bonds is 5. The highest BCUT2D eigenvalue weighted by Crippen LogP contribution is 2.22. The summed E-state index contributed by atoms with van der Waals surface area (Å²) in [4.78, 5) is 12.4. The van der Waals surface area contributed by atoms with Crippen molar-refractivity contribution in [2.24, 2.45) is 0 Å². The monoisotopic (exact) mass is 393 g/mol. The van der Waals surface area contributed by atoms with E-state index in [0.29, 0.717) is 18.1 Å². The van der Waals surface area contributed by atoms with E-state index in [4.69, 9.17) is 16.3 Å². The van der Waals surface area contributed by atoms with Crippen molar-refractivity contribution in [2.45, 2.75) is 30.8 Å². The maximum absolute atomic E-state index is 12.7. The quantitative estimate of drug-likeness (QED) is 0.723. The van der Waals surface area contributed by atoms with Crippen LogP contribution in [0.3, 0.4) is 0 Å². The summed E-state index contributed by atoms with van der Waals surface area (Å²) in [6.45, 7) is 1.14. The molecule has 7 heteroatoms. The third-order valence-corrected chi connectivity index (χ3v) is 6.45. The summed E-state index contributed by atoms with van der Waals surface area (Å²) in [6.07, 6.45) is 2.77. The fraction of sp³-hybridized carbons (Fsp3) is 0.316. The van der Waals surface area contributed by atoms with Gasteiger partial charge in [-0.15, -0.1) is 0 Å². The number of hydrogen-bond acceptors (Lipinski definition) is 4. The van der Waals surface area contributed by atoms with E-state index in [-0.39, 0.29) is 17.1 Å². The third-order valence-electron chi connectivity index (χ3n) is 4.31. The van der Waals surface area contributed by atoms with Crippen molar-refractivity contribution >= 4 is 27.6 Å². The van der Waals surface area contributed by atoms with Gasteiger partial charge in [-0.3, -0.25) is 0 Å². The molecule has 5 nitrogen and oxygen atoms in total. The zero-order valence-electron chi connectivity index (χ0n) is 14.2. The number of piperidine rings is 1. The summed E-state index contributed by atoms with van der Waals surface area (Å²) >= 11 is 5.83. The van der Waals surface area contributed by atoms with Crippen LogP contribution in [0.25, 0.3) is 0 Å². The normalized spacial score (nSPS) is 15.6. The molecule has 0 saturated carbocycles. The number of nitrogens with zero attached hydrogens (tertiary/aromatic N) is 1. The predicted molar refractivity (Wildman–Crippen MR) is 99.6 cm³/mol. The molecule has 0 bridgehead atoms.